The molecule has 25 heavy (non-hydrogen) atoms. The summed E-state index contributed by atoms with van der Waals surface area (Å²) in [6.07, 6.45) is 3.33. The van der Waals surface area contributed by atoms with Gasteiger partial charge in [0.25, 0.3) is 0 Å². The van der Waals surface area contributed by atoms with E-state index >= 15 is 0 Å². The summed E-state index contributed by atoms with van der Waals surface area (Å²) < 4.78 is 1.83. The molecule has 0 spiro atoms. The number of fused-ring (bicyclic) bond motifs is 1. The summed E-state index contributed by atoms with van der Waals surface area (Å²) >= 11 is 6.24. The fourth-order valence-corrected chi connectivity index (χ4v) is 2.99. The topological polar surface area (TPSA) is 87.3 Å². The molecule has 2 aromatic heterocycles. The van der Waals surface area contributed by atoms with Gasteiger partial charge in [0, 0.05) is 37.6 Å². The fourth-order valence-electron chi connectivity index (χ4n) is 2.76. The van der Waals surface area contributed by atoms with Crippen LogP contribution in [0, 0.1) is 0 Å². The Bertz CT molecular complexity index is 833. The van der Waals surface area contributed by atoms with Crippen molar-refractivity contribution in [2.24, 2.45) is 0 Å². The second kappa shape index (κ2) is 8.35. The van der Waals surface area contributed by atoms with Gasteiger partial charge in [0.1, 0.15) is 5.52 Å². The Balaban J connectivity index is 1.85. The van der Waals surface area contributed by atoms with Gasteiger partial charge in [0.05, 0.1) is 30.3 Å². The first kappa shape index (κ1) is 17.8. The number of halogens is 1. The van der Waals surface area contributed by atoms with Crippen LogP contribution in [-0.4, -0.2) is 67.9 Å². The Morgan fingerprint density at radius 1 is 1.08 bits per heavy atom. The lowest BCUT2D eigenvalue weighted by molar-refractivity contribution is 0.156. The van der Waals surface area contributed by atoms with Crippen LogP contribution in [0.25, 0.3) is 22.2 Å². The molecule has 0 fully saturated rings. The van der Waals surface area contributed by atoms with Crippen LogP contribution in [0.3, 0.4) is 0 Å². The first-order valence-corrected chi connectivity index (χ1v) is 8.48. The number of rotatable bonds is 8. The molecule has 1 aromatic carbocycles. The highest BCUT2D eigenvalue weighted by Crippen LogP contribution is 2.28. The van der Waals surface area contributed by atoms with Gasteiger partial charge in [0.15, 0.2) is 0 Å². The fraction of sp³-hybridized carbons (Fsp3) is 0.353. The van der Waals surface area contributed by atoms with Gasteiger partial charge >= 0.3 is 0 Å². The van der Waals surface area contributed by atoms with Crippen molar-refractivity contribution >= 4 is 22.6 Å². The third kappa shape index (κ3) is 4.13. The molecule has 2 N–H and O–H groups in total. The van der Waals surface area contributed by atoms with Crippen LogP contribution in [0.15, 0.2) is 36.7 Å². The lowest BCUT2D eigenvalue weighted by Crippen LogP contribution is -2.33. The second-order valence-corrected chi connectivity index (χ2v) is 6.07. The number of nitrogens with zero attached hydrogens (tertiary/aromatic N) is 5. The second-order valence-electron chi connectivity index (χ2n) is 5.66. The zero-order valence-corrected chi connectivity index (χ0v) is 14.5. The third-order valence-electron chi connectivity index (χ3n) is 4.06. The van der Waals surface area contributed by atoms with Crippen molar-refractivity contribution in [3.63, 3.8) is 0 Å². The lowest BCUT2D eigenvalue weighted by Gasteiger charge is -2.19. The molecule has 0 saturated heterocycles. The largest absolute Gasteiger partial charge is 0.395 e. The summed E-state index contributed by atoms with van der Waals surface area (Å²) in [7, 11) is 0. The summed E-state index contributed by atoms with van der Waals surface area (Å²) in [5, 5.41) is 27.2. The molecule has 0 aliphatic rings. The van der Waals surface area contributed by atoms with Crippen LogP contribution in [-0.2, 0) is 6.54 Å². The van der Waals surface area contributed by atoms with E-state index in [9.17, 15) is 0 Å². The molecule has 0 unspecified atom stereocenters. The molecule has 2 heterocycles. The van der Waals surface area contributed by atoms with Crippen molar-refractivity contribution in [1.82, 2.24) is 24.9 Å². The molecule has 7 nitrogen and oxygen atoms in total. The zero-order chi connectivity index (χ0) is 17.6. The maximum atomic E-state index is 9.11. The van der Waals surface area contributed by atoms with Crippen molar-refractivity contribution in [1.29, 1.82) is 0 Å². The van der Waals surface area contributed by atoms with Gasteiger partial charge in [0.2, 0.25) is 0 Å². The summed E-state index contributed by atoms with van der Waals surface area (Å²) in [6, 6.07) is 7.78. The normalized spacial score (nSPS) is 11.5. The average molecular weight is 362 g/mol. The molecule has 0 aliphatic heterocycles. The minimum atomic E-state index is 0.0583. The van der Waals surface area contributed by atoms with Gasteiger partial charge in [-0.3, -0.25) is 9.88 Å². The Hall–Kier alpha value is -2.06. The van der Waals surface area contributed by atoms with Crippen molar-refractivity contribution < 1.29 is 10.2 Å². The van der Waals surface area contributed by atoms with Crippen LogP contribution >= 0.6 is 11.6 Å². The minimum Gasteiger partial charge on any atom is -0.395 e. The standard InChI is InChI=1S/C17H20ClN5O2/c18-15-12-19-4-3-14(15)13-1-2-16-17(11-13)23(21-20-16)6-5-22(7-9-24)8-10-25/h1-4,11-12,24-25H,5-10H2. The zero-order valence-electron chi connectivity index (χ0n) is 13.7. The molecule has 0 bridgehead atoms. The van der Waals surface area contributed by atoms with E-state index in [0.717, 1.165) is 22.2 Å². The summed E-state index contributed by atoms with van der Waals surface area (Å²) in [4.78, 5) is 6.00. The Morgan fingerprint density at radius 3 is 2.60 bits per heavy atom. The molecule has 8 heteroatoms. The molecule has 0 radical (unpaired) electrons. The first-order valence-electron chi connectivity index (χ1n) is 8.10. The quantitative estimate of drug-likeness (QED) is 0.631. The van der Waals surface area contributed by atoms with Crippen LogP contribution < -0.4 is 0 Å². The monoisotopic (exact) mass is 361 g/mol. The maximum Gasteiger partial charge on any atom is 0.113 e. The van der Waals surface area contributed by atoms with Crippen LogP contribution in [0.1, 0.15) is 0 Å². The van der Waals surface area contributed by atoms with Crippen molar-refractivity contribution in [3.05, 3.63) is 41.7 Å². The number of hydrogen-bond acceptors (Lipinski definition) is 6. The first-order chi connectivity index (χ1) is 12.2. The highest BCUT2D eigenvalue weighted by molar-refractivity contribution is 6.33. The van der Waals surface area contributed by atoms with E-state index in [2.05, 4.69) is 15.3 Å². The lowest BCUT2D eigenvalue weighted by atomic mass is 10.1. The van der Waals surface area contributed by atoms with Gasteiger partial charge < -0.3 is 10.2 Å². The summed E-state index contributed by atoms with van der Waals surface area (Å²) in [6.45, 7) is 2.44. The Morgan fingerprint density at radius 2 is 1.88 bits per heavy atom. The molecule has 3 aromatic rings. The van der Waals surface area contributed by atoms with E-state index in [1.807, 2.05) is 33.8 Å². The van der Waals surface area contributed by atoms with Gasteiger partial charge in [-0.15, -0.1) is 5.10 Å². The minimum absolute atomic E-state index is 0.0583. The number of hydrogen-bond donors (Lipinski definition) is 2. The molecule has 3 rings (SSSR count). The molecule has 0 amide bonds. The van der Waals surface area contributed by atoms with Gasteiger partial charge in [-0.1, -0.05) is 22.9 Å². The van der Waals surface area contributed by atoms with Gasteiger partial charge in [-0.05, 0) is 23.8 Å². The summed E-state index contributed by atoms with van der Waals surface area (Å²) in [5.74, 6) is 0. The molecule has 0 atom stereocenters. The number of aliphatic hydroxyl groups excluding tert-OH is 2. The Labute approximate surface area is 150 Å². The number of aliphatic hydroxyl groups is 2. The number of benzene rings is 1. The molecular formula is C17H20ClN5O2. The van der Waals surface area contributed by atoms with Crippen molar-refractivity contribution in [3.8, 4) is 11.1 Å². The number of pyridine rings is 1. The van der Waals surface area contributed by atoms with E-state index in [1.165, 1.54) is 0 Å². The third-order valence-corrected chi connectivity index (χ3v) is 4.36. The van der Waals surface area contributed by atoms with Crippen LogP contribution in [0.4, 0.5) is 0 Å². The predicted molar refractivity (Wildman–Crippen MR) is 96.4 cm³/mol. The smallest absolute Gasteiger partial charge is 0.113 e. The van der Waals surface area contributed by atoms with E-state index < -0.39 is 0 Å². The summed E-state index contributed by atoms with van der Waals surface area (Å²) in [5.41, 5.74) is 3.61. The van der Waals surface area contributed by atoms with Crippen molar-refractivity contribution in [2.45, 2.75) is 6.54 Å². The maximum absolute atomic E-state index is 9.11. The van der Waals surface area contributed by atoms with E-state index in [1.54, 1.807) is 12.4 Å². The van der Waals surface area contributed by atoms with Crippen molar-refractivity contribution in [2.75, 3.05) is 32.8 Å². The van der Waals surface area contributed by atoms with E-state index in [0.29, 0.717) is 31.2 Å². The van der Waals surface area contributed by atoms with Crippen LogP contribution in [0.2, 0.25) is 5.02 Å². The van der Waals surface area contributed by atoms with E-state index in [4.69, 9.17) is 21.8 Å². The average Bonchev–Trinajstić information content (AvgIpc) is 3.03. The van der Waals surface area contributed by atoms with E-state index in [-0.39, 0.29) is 13.2 Å². The highest BCUT2D eigenvalue weighted by Gasteiger charge is 2.10. The molecule has 132 valence electrons. The SMILES string of the molecule is OCCN(CCO)CCn1nnc2ccc(-c3ccncc3Cl)cc21. The highest BCUT2D eigenvalue weighted by atomic mass is 35.5. The van der Waals surface area contributed by atoms with Crippen LogP contribution in [0.5, 0.6) is 0 Å². The predicted octanol–water partition coefficient (Wildman–Crippen LogP) is 1.43. The number of aromatic nitrogens is 4. The molecule has 0 saturated carbocycles. The van der Waals surface area contributed by atoms with Gasteiger partial charge in [-0.2, -0.15) is 0 Å². The molecular weight excluding hydrogens is 342 g/mol. The molecule has 0 aliphatic carbocycles. The Kier molecular flexibility index (Phi) is 5.93. The van der Waals surface area contributed by atoms with Gasteiger partial charge in [-0.25, -0.2) is 4.68 Å².